The zero-order valence-corrected chi connectivity index (χ0v) is 8.30. The van der Waals surface area contributed by atoms with Crippen LogP contribution in [0.5, 0.6) is 0 Å². The van der Waals surface area contributed by atoms with E-state index in [1.165, 1.54) is 0 Å². The Balaban J connectivity index is 2.37. The molecule has 76 valence electrons. The second-order valence-electron chi connectivity index (χ2n) is 3.44. The fraction of sp³-hybridized carbons (Fsp3) is 0.0769. The van der Waals surface area contributed by atoms with Gasteiger partial charge < -0.3 is 10.8 Å². The van der Waals surface area contributed by atoms with Gasteiger partial charge in [0.25, 0.3) is 0 Å². The first-order chi connectivity index (χ1) is 7.29. The molecule has 0 fully saturated rings. The number of anilines is 1. The number of aliphatic hydroxyl groups excluding tert-OH is 1. The molecule has 2 aromatic carbocycles. The largest absolute Gasteiger partial charge is 0.398 e. The molecule has 0 bridgehead atoms. The van der Waals surface area contributed by atoms with E-state index in [2.05, 4.69) is 0 Å². The number of hydrogen-bond acceptors (Lipinski definition) is 2. The quantitative estimate of drug-likeness (QED) is 0.729. The standard InChI is InChI=1S/C13H13NO/c14-12-9-5-4-8-11(12)13(15)10-6-2-1-3-7-10/h1-9,13,15H,14H2/t13-/m1/s1. The van der Waals surface area contributed by atoms with E-state index >= 15 is 0 Å². The fourth-order valence-corrected chi connectivity index (χ4v) is 1.57. The molecule has 15 heavy (non-hydrogen) atoms. The van der Waals surface area contributed by atoms with Crippen molar-refractivity contribution in [3.8, 4) is 0 Å². The highest BCUT2D eigenvalue weighted by atomic mass is 16.3. The SMILES string of the molecule is Nc1ccccc1[C@H](O)c1ccccc1. The molecule has 1 atom stereocenters. The normalized spacial score (nSPS) is 12.3. The summed E-state index contributed by atoms with van der Waals surface area (Å²) >= 11 is 0. The van der Waals surface area contributed by atoms with Gasteiger partial charge in [0.15, 0.2) is 0 Å². The van der Waals surface area contributed by atoms with Crippen LogP contribution in [0.4, 0.5) is 5.69 Å². The van der Waals surface area contributed by atoms with Crippen LogP contribution in [0.15, 0.2) is 54.6 Å². The summed E-state index contributed by atoms with van der Waals surface area (Å²) in [6, 6.07) is 16.9. The van der Waals surface area contributed by atoms with Crippen LogP contribution in [-0.2, 0) is 0 Å². The monoisotopic (exact) mass is 199 g/mol. The molecular weight excluding hydrogens is 186 g/mol. The van der Waals surface area contributed by atoms with Crippen molar-refractivity contribution in [3.05, 3.63) is 65.7 Å². The summed E-state index contributed by atoms with van der Waals surface area (Å²) in [6.45, 7) is 0. The third-order valence-corrected chi connectivity index (χ3v) is 2.41. The first kappa shape index (κ1) is 9.74. The Morgan fingerprint density at radius 1 is 0.867 bits per heavy atom. The van der Waals surface area contributed by atoms with Gasteiger partial charge in [-0.1, -0.05) is 48.5 Å². The van der Waals surface area contributed by atoms with Gasteiger partial charge in [-0.25, -0.2) is 0 Å². The van der Waals surface area contributed by atoms with Crippen LogP contribution in [-0.4, -0.2) is 5.11 Å². The summed E-state index contributed by atoms with van der Waals surface area (Å²) in [6.07, 6.45) is -0.646. The van der Waals surface area contributed by atoms with E-state index < -0.39 is 6.10 Å². The Kier molecular flexibility index (Phi) is 2.70. The maximum atomic E-state index is 10.1. The lowest BCUT2D eigenvalue weighted by molar-refractivity contribution is 0.221. The van der Waals surface area contributed by atoms with Crippen LogP contribution >= 0.6 is 0 Å². The van der Waals surface area contributed by atoms with Crippen LogP contribution < -0.4 is 5.73 Å². The van der Waals surface area contributed by atoms with Gasteiger partial charge in [0.2, 0.25) is 0 Å². The second kappa shape index (κ2) is 4.15. The lowest BCUT2D eigenvalue weighted by Gasteiger charge is -2.13. The molecule has 0 saturated carbocycles. The van der Waals surface area contributed by atoms with E-state index in [1.54, 1.807) is 6.07 Å². The summed E-state index contributed by atoms with van der Waals surface area (Å²) in [5.74, 6) is 0. The molecular formula is C13H13NO. The molecule has 2 rings (SSSR count). The predicted molar refractivity (Wildman–Crippen MR) is 61.4 cm³/mol. The van der Waals surface area contributed by atoms with Crippen molar-refractivity contribution >= 4 is 5.69 Å². The van der Waals surface area contributed by atoms with E-state index in [9.17, 15) is 5.11 Å². The van der Waals surface area contributed by atoms with E-state index in [-0.39, 0.29) is 0 Å². The smallest absolute Gasteiger partial charge is 0.106 e. The zero-order chi connectivity index (χ0) is 10.7. The summed E-state index contributed by atoms with van der Waals surface area (Å²) in [5, 5.41) is 10.1. The summed E-state index contributed by atoms with van der Waals surface area (Å²) in [4.78, 5) is 0. The Hall–Kier alpha value is -1.80. The number of nitrogens with two attached hydrogens (primary N) is 1. The van der Waals surface area contributed by atoms with Crippen molar-refractivity contribution < 1.29 is 5.11 Å². The molecule has 0 heterocycles. The fourth-order valence-electron chi connectivity index (χ4n) is 1.57. The van der Waals surface area contributed by atoms with Gasteiger partial charge in [-0.3, -0.25) is 0 Å². The molecule has 0 amide bonds. The van der Waals surface area contributed by atoms with E-state index in [0.717, 1.165) is 11.1 Å². The highest BCUT2D eigenvalue weighted by molar-refractivity contribution is 5.50. The number of benzene rings is 2. The van der Waals surface area contributed by atoms with Gasteiger partial charge in [-0.15, -0.1) is 0 Å². The average molecular weight is 199 g/mol. The number of hydrogen-bond donors (Lipinski definition) is 2. The topological polar surface area (TPSA) is 46.2 Å². The lowest BCUT2D eigenvalue weighted by atomic mass is 10.0. The maximum Gasteiger partial charge on any atom is 0.106 e. The Morgan fingerprint density at radius 2 is 1.47 bits per heavy atom. The molecule has 0 unspecified atom stereocenters. The summed E-state index contributed by atoms with van der Waals surface area (Å²) < 4.78 is 0. The molecule has 0 saturated heterocycles. The molecule has 0 aliphatic heterocycles. The van der Waals surface area contributed by atoms with Crippen molar-refractivity contribution in [3.63, 3.8) is 0 Å². The lowest BCUT2D eigenvalue weighted by Crippen LogP contribution is -2.03. The van der Waals surface area contributed by atoms with E-state index in [4.69, 9.17) is 5.73 Å². The van der Waals surface area contributed by atoms with Crippen molar-refractivity contribution in [2.45, 2.75) is 6.10 Å². The van der Waals surface area contributed by atoms with Crippen molar-refractivity contribution in [2.75, 3.05) is 5.73 Å². The third kappa shape index (κ3) is 2.00. The van der Waals surface area contributed by atoms with Crippen LogP contribution in [0.1, 0.15) is 17.2 Å². The van der Waals surface area contributed by atoms with Gasteiger partial charge >= 0.3 is 0 Å². The number of nitrogen functional groups attached to an aromatic ring is 1. The van der Waals surface area contributed by atoms with Crippen molar-refractivity contribution in [1.29, 1.82) is 0 Å². The minimum atomic E-state index is -0.646. The molecule has 0 aliphatic carbocycles. The number of aliphatic hydroxyl groups is 1. The molecule has 3 N–H and O–H groups in total. The Labute approximate surface area is 89.0 Å². The Bertz CT molecular complexity index is 439. The molecule has 2 heteroatoms. The van der Waals surface area contributed by atoms with Gasteiger partial charge in [0.1, 0.15) is 6.10 Å². The minimum absolute atomic E-state index is 0.619. The van der Waals surface area contributed by atoms with Gasteiger partial charge in [-0.05, 0) is 11.6 Å². The second-order valence-corrected chi connectivity index (χ2v) is 3.44. The first-order valence-electron chi connectivity index (χ1n) is 4.86. The Morgan fingerprint density at radius 3 is 2.13 bits per heavy atom. The molecule has 0 spiro atoms. The first-order valence-corrected chi connectivity index (χ1v) is 4.86. The van der Waals surface area contributed by atoms with Crippen LogP contribution in [0.3, 0.4) is 0 Å². The number of para-hydroxylation sites is 1. The van der Waals surface area contributed by atoms with Crippen molar-refractivity contribution in [2.24, 2.45) is 0 Å². The minimum Gasteiger partial charge on any atom is -0.398 e. The van der Waals surface area contributed by atoms with E-state index in [0.29, 0.717) is 5.69 Å². The van der Waals surface area contributed by atoms with Crippen LogP contribution in [0, 0.1) is 0 Å². The summed E-state index contributed by atoms with van der Waals surface area (Å²) in [5.41, 5.74) is 8.03. The van der Waals surface area contributed by atoms with Crippen LogP contribution in [0.2, 0.25) is 0 Å². The molecule has 0 aromatic heterocycles. The third-order valence-electron chi connectivity index (χ3n) is 2.41. The van der Waals surface area contributed by atoms with Crippen molar-refractivity contribution in [1.82, 2.24) is 0 Å². The van der Waals surface area contributed by atoms with Gasteiger partial charge in [0.05, 0.1) is 0 Å². The van der Waals surface area contributed by atoms with Gasteiger partial charge in [-0.2, -0.15) is 0 Å². The van der Waals surface area contributed by atoms with E-state index in [1.807, 2.05) is 48.5 Å². The molecule has 0 radical (unpaired) electrons. The molecule has 2 nitrogen and oxygen atoms in total. The van der Waals surface area contributed by atoms with Gasteiger partial charge in [0, 0.05) is 11.3 Å². The maximum absolute atomic E-state index is 10.1. The summed E-state index contributed by atoms with van der Waals surface area (Å²) in [7, 11) is 0. The molecule has 2 aromatic rings. The predicted octanol–water partition coefficient (Wildman–Crippen LogP) is 2.35. The molecule has 0 aliphatic rings. The highest BCUT2D eigenvalue weighted by Gasteiger charge is 2.11. The van der Waals surface area contributed by atoms with Crippen LogP contribution in [0.25, 0.3) is 0 Å². The average Bonchev–Trinajstić information content (AvgIpc) is 2.30. The zero-order valence-electron chi connectivity index (χ0n) is 8.30. The highest BCUT2D eigenvalue weighted by Crippen LogP contribution is 2.25. The number of rotatable bonds is 2.